The van der Waals surface area contributed by atoms with E-state index in [0.717, 1.165) is 32.1 Å². The third kappa shape index (κ3) is 3.77. The number of esters is 1. The summed E-state index contributed by atoms with van der Waals surface area (Å²) in [5.41, 5.74) is 0. The van der Waals surface area contributed by atoms with E-state index in [-0.39, 0.29) is 12.1 Å². The molecule has 3 heteroatoms. The molecule has 0 unspecified atom stereocenters. The van der Waals surface area contributed by atoms with Gasteiger partial charge in [0.15, 0.2) is 0 Å². The molecule has 1 saturated carbocycles. The highest BCUT2D eigenvalue weighted by atomic mass is 16.5. The van der Waals surface area contributed by atoms with Gasteiger partial charge in [-0.3, -0.25) is 4.79 Å². The molecule has 0 saturated heterocycles. The summed E-state index contributed by atoms with van der Waals surface area (Å²) in [4.78, 5) is 10.8. The fourth-order valence-electron chi connectivity index (χ4n) is 1.86. The Morgan fingerprint density at radius 1 is 1.38 bits per heavy atom. The first kappa shape index (κ1) is 10.5. The van der Waals surface area contributed by atoms with Gasteiger partial charge >= 0.3 is 5.97 Å². The Morgan fingerprint density at radius 2 is 2.00 bits per heavy atom. The van der Waals surface area contributed by atoms with Gasteiger partial charge in [-0.1, -0.05) is 0 Å². The number of carbonyl (C=O) groups is 1. The molecular weight excluding hydrogens is 168 g/mol. The van der Waals surface area contributed by atoms with Crippen molar-refractivity contribution in [3.63, 3.8) is 0 Å². The molecule has 0 bridgehead atoms. The van der Waals surface area contributed by atoms with Crippen LogP contribution in [0.1, 0.15) is 38.5 Å². The van der Waals surface area contributed by atoms with Crippen LogP contribution in [0.5, 0.6) is 0 Å². The molecule has 76 valence electrons. The second-order valence-corrected chi connectivity index (χ2v) is 3.79. The van der Waals surface area contributed by atoms with Crippen molar-refractivity contribution >= 4 is 5.97 Å². The van der Waals surface area contributed by atoms with Gasteiger partial charge in [0.1, 0.15) is 0 Å². The zero-order chi connectivity index (χ0) is 9.68. The van der Waals surface area contributed by atoms with Crippen LogP contribution in [0, 0.1) is 5.92 Å². The second-order valence-electron chi connectivity index (χ2n) is 3.79. The van der Waals surface area contributed by atoms with Crippen LogP contribution in [0.3, 0.4) is 0 Å². The maximum Gasteiger partial charge on any atom is 0.305 e. The van der Waals surface area contributed by atoms with Crippen molar-refractivity contribution in [2.75, 3.05) is 7.11 Å². The summed E-state index contributed by atoms with van der Waals surface area (Å²) in [5.74, 6) is 0.494. The van der Waals surface area contributed by atoms with Crippen LogP contribution in [0.25, 0.3) is 0 Å². The van der Waals surface area contributed by atoms with Gasteiger partial charge in [0, 0.05) is 6.42 Å². The molecule has 1 rings (SSSR count). The first-order chi connectivity index (χ1) is 6.22. The van der Waals surface area contributed by atoms with Gasteiger partial charge < -0.3 is 9.84 Å². The Balaban J connectivity index is 2.12. The Kier molecular flexibility index (Phi) is 4.22. The van der Waals surface area contributed by atoms with Crippen molar-refractivity contribution in [3.05, 3.63) is 0 Å². The van der Waals surface area contributed by atoms with E-state index < -0.39 is 0 Å². The number of ether oxygens (including phenoxy) is 1. The maximum atomic E-state index is 10.8. The van der Waals surface area contributed by atoms with E-state index in [2.05, 4.69) is 4.74 Å². The molecule has 0 amide bonds. The van der Waals surface area contributed by atoms with Gasteiger partial charge in [0.25, 0.3) is 0 Å². The van der Waals surface area contributed by atoms with Crippen LogP contribution in [-0.4, -0.2) is 24.3 Å². The number of rotatable bonds is 3. The van der Waals surface area contributed by atoms with Crippen molar-refractivity contribution in [2.24, 2.45) is 5.92 Å². The molecule has 1 aliphatic rings. The van der Waals surface area contributed by atoms with Gasteiger partial charge in [-0.05, 0) is 38.0 Å². The van der Waals surface area contributed by atoms with E-state index in [1.165, 1.54) is 7.11 Å². The van der Waals surface area contributed by atoms with E-state index in [1.54, 1.807) is 0 Å². The summed E-state index contributed by atoms with van der Waals surface area (Å²) in [5, 5.41) is 9.26. The van der Waals surface area contributed by atoms with Crippen LogP contribution in [0.2, 0.25) is 0 Å². The lowest BCUT2D eigenvalue weighted by Gasteiger charge is -2.24. The number of carbonyl (C=O) groups excluding carboxylic acids is 1. The Labute approximate surface area is 79.1 Å². The number of hydrogen-bond acceptors (Lipinski definition) is 3. The first-order valence-electron chi connectivity index (χ1n) is 4.97. The summed E-state index contributed by atoms with van der Waals surface area (Å²) in [6.07, 6.45) is 5.24. The third-order valence-electron chi connectivity index (χ3n) is 2.80. The quantitative estimate of drug-likeness (QED) is 0.679. The molecule has 1 aliphatic carbocycles. The first-order valence-corrected chi connectivity index (χ1v) is 4.97. The zero-order valence-electron chi connectivity index (χ0n) is 8.16. The van der Waals surface area contributed by atoms with E-state index in [0.29, 0.717) is 12.3 Å². The largest absolute Gasteiger partial charge is 0.469 e. The molecule has 0 radical (unpaired) electrons. The van der Waals surface area contributed by atoms with Gasteiger partial charge in [0.2, 0.25) is 0 Å². The van der Waals surface area contributed by atoms with Gasteiger partial charge in [-0.2, -0.15) is 0 Å². The maximum absolute atomic E-state index is 10.8. The average molecular weight is 186 g/mol. The molecule has 0 aliphatic heterocycles. The fourth-order valence-corrected chi connectivity index (χ4v) is 1.86. The van der Waals surface area contributed by atoms with Crippen LogP contribution < -0.4 is 0 Å². The fraction of sp³-hybridized carbons (Fsp3) is 0.900. The lowest BCUT2D eigenvalue weighted by molar-refractivity contribution is -0.141. The van der Waals surface area contributed by atoms with Crippen molar-refractivity contribution in [1.82, 2.24) is 0 Å². The third-order valence-corrected chi connectivity index (χ3v) is 2.80. The molecule has 0 aromatic carbocycles. The molecule has 0 heterocycles. The zero-order valence-corrected chi connectivity index (χ0v) is 8.16. The standard InChI is InChI=1S/C10H18O3/c1-13-10(12)7-4-8-2-5-9(11)6-3-8/h8-9,11H,2-7H2,1H3. The molecule has 1 fully saturated rings. The van der Waals surface area contributed by atoms with Crippen LogP contribution in [-0.2, 0) is 9.53 Å². The lowest BCUT2D eigenvalue weighted by atomic mass is 9.85. The predicted octanol–water partition coefficient (Wildman–Crippen LogP) is 1.49. The minimum atomic E-state index is -0.119. The summed E-state index contributed by atoms with van der Waals surface area (Å²) < 4.78 is 4.57. The molecule has 0 atom stereocenters. The molecule has 1 N–H and O–H groups in total. The van der Waals surface area contributed by atoms with E-state index >= 15 is 0 Å². The highest BCUT2D eigenvalue weighted by Gasteiger charge is 2.19. The van der Waals surface area contributed by atoms with E-state index in [1.807, 2.05) is 0 Å². The number of methoxy groups -OCH3 is 1. The second kappa shape index (κ2) is 5.22. The highest BCUT2D eigenvalue weighted by Crippen LogP contribution is 2.27. The van der Waals surface area contributed by atoms with Crippen molar-refractivity contribution in [2.45, 2.75) is 44.6 Å². The highest BCUT2D eigenvalue weighted by molar-refractivity contribution is 5.69. The van der Waals surface area contributed by atoms with Gasteiger partial charge in [0.05, 0.1) is 13.2 Å². The Hall–Kier alpha value is -0.570. The van der Waals surface area contributed by atoms with Crippen molar-refractivity contribution in [3.8, 4) is 0 Å². The minimum absolute atomic E-state index is 0.102. The van der Waals surface area contributed by atoms with Crippen LogP contribution >= 0.6 is 0 Å². The van der Waals surface area contributed by atoms with E-state index in [4.69, 9.17) is 0 Å². The summed E-state index contributed by atoms with van der Waals surface area (Å²) in [6.45, 7) is 0. The molecule has 0 aromatic rings. The monoisotopic (exact) mass is 186 g/mol. The van der Waals surface area contributed by atoms with Crippen molar-refractivity contribution < 1.29 is 14.6 Å². The topological polar surface area (TPSA) is 46.5 Å². The predicted molar refractivity (Wildman–Crippen MR) is 49.2 cm³/mol. The number of aliphatic hydroxyl groups is 1. The Bertz CT molecular complexity index is 160. The molecule has 0 spiro atoms. The summed E-state index contributed by atoms with van der Waals surface area (Å²) in [6, 6.07) is 0. The summed E-state index contributed by atoms with van der Waals surface area (Å²) in [7, 11) is 1.42. The molecular formula is C10H18O3. The molecule has 0 aromatic heterocycles. The van der Waals surface area contributed by atoms with Gasteiger partial charge in [-0.15, -0.1) is 0 Å². The lowest BCUT2D eigenvalue weighted by Crippen LogP contribution is -2.18. The minimum Gasteiger partial charge on any atom is -0.469 e. The van der Waals surface area contributed by atoms with Gasteiger partial charge in [-0.25, -0.2) is 0 Å². The molecule has 13 heavy (non-hydrogen) atoms. The SMILES string of the molecule is COC(=O)CCC1CCC(O)CC1. The average Bonchev–Trinajstić information content (AvgIpc) is 2.16. The normalized spacial score (nSPS) is 28.5. The van der Waals surface area contributed by atoms with E-state index in [9.17, 15) is 9.90 Å². The molecule has 3 nitrogen and oxygen atoms in total. The van der Waals surface area contributed by atoms with Crippen LogP contribution in [0.4, 0.5) is 0 Å². The number of hydrogen-bond donors (Lipinski definition) is 1. The van der Waals surface area contributed by atoms with Crippen LogP contribution in [0.15, 0.2) is 0 Å². The smallest absolute Gasteiger partial charge is 0.305 e. The number of aliphatic hydroxyl groups excluding tert-OH is 1. The summed E-state index contributed by atoms with van der Waals surface area (Å²) >= 11 is 0. The van der Waals surface area contributed by atoms with Crippen molar-refractivity contribution in [1.29, 1.82) is 0 Å². The Morgan fingerprint density at radius 3 is 2.54 bits per heavy atom.